The van der Waals surface area contributed by atoms with Crippen LogP contribution in [0.15, 0.2) is 47.3 Å². The molecule has 0 bridgehead atoms. The van der Waals surface area contributed by atoms with Gasteiger partial charge in [0.05, 0.1) is 19.6 Å². The number of benzene rings is 1. The van der Waals surface area contributed by atoms with Gasteiger partial charge in [-0.1, -0.05) is 18.2 Å². The van der Waals surface area contributed by atoms with Gasteiger partial charge >= 0.3 is 0 Å². The Morgan fingerprint density at radius 1 is 1.27 bits per heavy atom. The Hall–Kier alpha value is -1.74. The Balaban J connectivity index is 2.37. The molecule has 0 amide bonds. The van der Waals surface area contributed by atoms with Gasteiger partial charge in [0.1, 0.15) is 11.9 Å². The van der Waals surface area contributed by atoms with Gasteiger partial charge in [0.15, 0.2) is 0 Å². The maximum Gasteiger partial charge on any atom is 0.125 e. The molecule has 0 spiro atoms. The second kappa shape index (κ2) is 4.19. The largest absolute Gasteiger partial charge is 0.496 e. The van der Waals surface area contributed by atoms with Crippen molar-refractivity contribution in [2.24, 2.45) is 0 Å². The lowest BCUT2D eigenvalue weighted by atomic mass is 10.0. The zero-order valence-electron chi connectivity index (χ0n) is 8.38. The number of rotatable bonds is 3. The molecule has 1 heterocycles. The topological polar surface area (TPSA) is 42.6 Å². The standard InChI is InChI=1S/C12H12O3/c1-14-11-5-3-2-4-10(11)12(13)9-6-7-15-8-9/h2-8,12-13H,1H3/t12-/m1/s1. The van der Waals surface area contributed by atoms with Gasteiger partial charge in [0.25, 0.3) is 0 Å². The van der Waals surface area contributed by atoms with E-state index < -0.39 is 6.10 Å². The summed E-state index contributed by atoms with van der Waals surface area (Å²) in [6.07, 6.45) is 2.35. The van der Waals surface area contributed by atoms with Crippen LogP contribution in [0.25, 0.3) is 0 Å². The first-order chi connectivity index (χ1) is 7.33. The molecule has 3 heteroatoms. The molecule has 1 aromatic heterocycles. The number of para-hydroxylation sites is 1. The minimum Gasteiger partial charge on any atom is -0.496 e. The number of hydrogen-bond donors (Lipinski definition) is 1. The highest BCUT2D eigenvalue weighted by Gasteiger charge is 2.15. The van der Waals surface area contributed by atoms with E-state index in [9.17, 15) is 5.11 Å². The molecule has 1 aromatic carbocycles. The van der Waals surface area contributed by atoms with Crippen molar-refractivity contribution in [1.82, 2.24) is 0 Å². The molecule has 3 nitrogen and oxygen atoms in total. The third-order valence-electron chi connectivity index (χ3n) is 2.29. The molecule has 0 fully saturated rings. The van der Waals surface area contributed by atoms with E-state index in [2.05, 4.69) is 0 Å². The van der Waals surface area contributed by atoms with Crippen LogP contribution in [-0.2, 0) is 0 Å². The molecule has 0 radical (unpaired) electrons. The summed E-state index contributed by atoms with van der Waals surface area (Å²) in [4.78, 5) is 0. The first kappa shape index (κ1) is 9.80. The predicted octanol–water partition coefficient (Wildman–Crippen LogP) is 2.37. The molecule has 0 unspecified atom stereocenters. The summed E-state index contributed by atoms with van der Waals surface area (Å²) < 4.78 is 10.1. The van der Waals surface area contributed by atoms with Gasteiger partial charge in [-0.05, 0) is 12.1 Å². The molecule has 0 aliphatic carbocycles. The third-order valence-corrected chi connectivity index (χ3v) is 2.29. The predicted molar refractivity (Wildman–Crippen MR) is 55.8 cm³/mol. The van der Waals surface area contributed by atoms with Crippen LogP contribution < -0.4 is 4.74 Å². The number of furan rings is 1. The first-order valence-electron chi connectivity index (χ1n) is 4.66. The van der Waals surface area contributed by atoms with Crippen LogP contribution in [0.1, 0.15) is 17.2 Å². The SMILES string of the molecule is COc1ccccc1[C@H](O)c1ccoc1. The molecule has 0 aliphatic heterocycles. The van der Waals surface area contributed by atoms with E-state index in [-0.39, 0.29) is 0 Å². The van der Waals surface area contributed by atoms with Crippen LogP contribution in [0, 0.1) is 0 Å². The highest BCUT2D eigenvalue weighted by molar-refractivity contribution is 5.39. The van der Waals surface area contributed by atoms with Crippen LogP contribution in [0.2, 0.25) is 0 Å². The lowest BCUT2D eigenvalue weighted by Crippen LogP contribution is -2.00. The number of aliphatic hydroxyl groups excluding tert-OH is 1. The average molecular weight is 204 g/mol. The highest BCUT2D eigenvalue weighted by Crippen LogP contribution is 2.29. The Morgan fingerprint density at radius 2 is 2.07 bits per heavy atom. The van der Waals surface area contributed by atoms with Crippen molar-refractivity contribution in [2.45, 2.75) is 6.10 Å². The normalized spacial score (nSPS) is 12.4. The summed E-state index contributed by atoms with van der Waals surface area (Å²) in [5, 5.41) is 10.1. The van der Waals surface area contributed by atoms with Gasteiger partial charge in [-0.2, -0.15) is 0 Å². The van der Waals surface area contributed by atoms with E-state index in [1.165, 1.54) is 12.5 Å². The number of aliphatic hydroxyl groups is 1. The van der Waals surface area contributed by atoms with E-state index in [1.54, 1.807) is 13.2 Å². The van der Waals surface area contributed by atoms with Gasteiger partial charge in [0.2, 0.25) is 0 Å². The Bertz CT molecular complexity index is 420. The molecule has 2 rings (SSSR count). The number of methoxy groups -OCH3 is 1. The van der Waals surface area contributed by atoms with Crippen molar-refractivity contribution in [3.63, 3.8) is 0 Å². The van der Waals surface area contributed by atoms with E-state index >= 15 is 0 Å². The van der Waals surface area contributed by atoms with Crippen molar-refractivity contribution >= 4 is 0 Å². The van der Waals surface area contributed by atoms with Gasteiger partial charge in [-0.15, -0.1) is 0 Å². The fraction of sp³-hybridized carbons (Fsp3) is 0.167. The minimum atomic E-state index is -0.708. The monoisotopic (exact) mass is 204 g/mol. The zero-order chi connectivity index (χ0) is 10.7. The quantitative estimate of drug-likeness (QED) is 0.834. The molecule has 1 N–H and O–H groups in total. The van der Waals surface area contributed by atoms with E-state index in [1.807, 2.05) is 24.3 Å². The molecular weight excluding hydrogens is 192 g/mol. The average Bonchev–Trinajstić information content (AvgIpc) is 2.81. The van der Waals surface area contributed by atoms with E-state index in [4.69, 9.17) is 9.15 Å². The summed E-state index contributed by atoms with van der Waals surface area (Å²) in [7, 11) is 1.58. The molecular formula is C12H12O3. The summed E-state index contributed by atoms with van der Waals surface area (Å²) >= 11 is 0. The minimum absolute atomic E-state index is 0.672. The summed E-state index contributed by atoms with van der Waals surface area (Å²) in [5.41, 5.74) is 1.46. The lowest BCUT2D eigenvalue weighted by Gasteiger charge is -2.12. The first-order valence-corrected chi connectivity index (χ1v) is 4.66. The molecule has 78 valence electrons. The molecule has 1 atom stereocenters. The Kier molecular flexibility index (Phi) is 2.74. The molecule has 15 heavy (non-hydrogen) atoms. The summed E-state index contributed by atoms with van der Waals surface area (Å²) in [6.45, 7) is 0. The maximum absolute atomic E-state index is 10.1. The Morgan fingerprint density at radius 3 is 2.73 bits per heavy atom. The van der Waals surface area contributed by atoms with Gasteiger partial charge in [-0.25, -0.2) is 0 Å². The van der Waals surface area contributed by atoms with Gasteiger partial charge in [0, 0.05) is 11.1 Å². The van der Waals surface area contributed by atoms with Crippen molar-refractivity contribution in [3.05, 3.63) is 54.0 Å². The number of hydrogen-bond acceptors (Lipinski definition) is 3. The van der Waals surface area contributed by atoms with Crippen molar-refractivity contribution in [2.75, 3.05) is 7.11 Å². The van der Waals surface area contributed by atoms with Crippen LogP contribution in [0.4, 0.5) is 0 Å². The smallest absolute Gasteiger partial charge is 0.125 e. The fourth-order valence-electron chi connectivity index (χ4n) is 1.50. The van der Waals surface area contributed by atoms with Crippen molar-refractivity contribution in [3.8, 4) is 5.75 Å². The maximum atomic E-state index is 10.1. The second-order valence-electron chi connectivity index (χ2n) is 3.20. The molecule has 0 saturated carbocycles. The van der Waals surface area contributed by atoms with Gasteiger partial charge in [-0.3, -0.25) is 0 Å². The third kappa shape index (κ3) is 1.87. The fourth-order valence-corrected chi connectivity index (χ4v) is 1.50. The number of ether oxygens (including phenoxy) is 1. The molecule has 0 saturated heterocycles. The summed E-state index contributed by atoms with van der Waals surface area (Å²) in [6, 6.07) is 9.11. The van der Waals surface area contributed by atoms with E-state index in [0.29, 0.717) is 5.75 Å². The van der Waals surface area contributed by atoms with Crippen LogP contribution in [0.5, 0.6) is 5.75 Å². The van der Waals surface area contributed by atoms with Crippen LogP contribution >= 0.6 is 0 Å². The Labute approximate surface area is 87.9 Å². The molecule has 0 aliphatic rings. The zero-order valence-corrected chi connectivity index (χ0v) is 8.38. The second-order valence-corrected chi connectivity index (χ2v) is 3.20. The van der Waals surface area contributed by atoms with Crippen molar-refractivity contribution in [1.29, 1.82) is 0 Å². The lowest BCUT2D eigenvalue weighted by molar-refractivity contribution is 0.213. The highest BCUT2D eigenvalue weighted by atomic mass is 16.5. The van der Waals surface area contributed by atoms with Crippen molar-refractivity contribution < 1.29 is 14.3 Å². The summed E-state index contributed by atoms with van der Waals surface area (Å²) in [5.74, 6) is 0.672. The molecule has 2 aromatic rings. The van der Waals surface area contributed by atoms with E-state index in [0.717, 1.165) is 11.1 Å². The van der Waals surface area contributed by atoms with Crippen LogP contribution in [0.3, 0.4) is 0 Å². The van der Waals surface area contributed by atoms with Crippen LogP contribution in [-0.4, -0.2) is 12.2 Å². The van der Waals surface area contributed by atoms with Gasteiger partial charge < -0.3 is 14.3 Å².